The zero-order chi connectivity index (χ0) is 15.9. The Labute approximate surface area is 131 Å². The molecule has 1 aliphatic heterocycles. The number of aliphatic hydroxyl groups excluding tert-OH is 1. The van der Waals surface area contributed by atoms with E-state index in [4.69, 9.17) is 16.3 Å². The Morgan fingerprint density at radius 1 is 1.32 bits per heavy atom. The third kappa shape index (κ3) is 2.66. The van der Waals surface area contributed by atoms with Gasteiger partial charge in [0, 0.05) is 17.2 Å². The van der Waals surface area contributed by atoms with Crippen LogP contribution in [0, 0.1) is 11.6 Å². The van der Waals surface area contributed by atoms with E-state index < -0.39 is 17.2 Å². The Balaban J connectivity index is 2.14. The second-order valence-corrected chi connectivity index (χ2v) is 6.00. The summed E-state index contributed by atoms with van der Waals surface area (Å²) in [6.45, 7) is 1.62. The number of rotatable bonds is 2. The van der Waals surface area contributed by atoms with E-state index in [9.17, 15) is 13.9 Å². The third-order valence-electron chi connectivity index (χ3n) is 3.86. The van der Waals surface area contributed by atoms with Crippen molar-refractivity contribution < 1.29 is 18.6 Å². The van der Waals surface area contributed by atoms with Gasteiger partial charge in [-0.3, -0.25) is 0 Å². The zero-order valence-corrected chi connectivity index (χ0v) is 12.6. The number of hydrogen-bond acceptors (Lipinski definition) is 3. The van der Waals surface area contributed by atoms with Crippen molar-refractivity contribution in [1.29, 1.82) is 0 Å². The number of aliphatic hydroxyl groups is 1. The average Bonchev–Trinajstić information content (AvgIpc) is 2.46. The highest BCUT2D eigenvalue weighted by Gasteiger charge is 2.33. The molecule has 2 heterocycles. The summed E-state index contributed by atoms with van der Waals surface area (Å²) in [5.41, 5.74) is 0.759. The lowest BCUT2D eigenvalue weighted by Gasteiger charge is -2.34. The molecule has 0 bridgehead atoms. The fourth-order valence-corrected chi connectivity index (χ4v) is 2.76. The number of halogens is 3. The Morgan fingerprint density at radius 2 is 2.09 bits per heavy atom. The van der Waals surface area contributed by atoms with Gasteiger partial charge in [0.15, 0.2) is 0 Å². The van der Waals surface area contributed by atoms with Gasteiger partial charge in [-0.05, 0) is 43.5 Å². The summed E-state index contributed by atoms with van der Waals surface area (Å²) >= 11 is 6.00. The van der Waals surface area contributed by atoms with Crippen molar-refractivity contribution in [2.45, 2.75) is 25.4 Å². The first-order valence-electron chi connectivity index (χ1n) is 6.86. The van der Waals surface area contributed by atoms with Crippen molar-refractivity contribution >= 4 is 11.6 Å². The molecule has 1 atom stereocenters. The van der Waals surface area contributed by atoms with Crippen LogP contribution in [0.5, 0.6) is 5.88 Å². The molecule has 1 aromatic heterocycles. The van der Waals surface area contributed by atoms with E-state index in [2.05, 4.69) is 4.98 Å². The minimum Gasteiger partial charge on any atom is -0.469 e. The quantitative estimate of drug-likeness (QED) is 0.855. The number of nitrogens with zero attached hydrogens (tertiary/aromatic N) is 1. The van der Waals surface area contributed by atoms with E-state index >= 15 is 0 Å². The first kappa shape index (κ1) is 15.2. The number of ether oxygens (including phenoxy) is 1. The van der Waals surface area contributed by atoms with E-state index in [0.29, 0.717) is 24.0 Å². The van der Waals surface area contributed by atoms with Crippen molar-refractivity contribution in [2.24, 2.45) is 0 Å². The highest BCUT2D eigenvalue weighted by Crippen LogP contribution is 2.39. The monoisotopic (exact) mass is 325 g/mol. The van der Waals surface area contributed by atoms with Crippen molar-refractivity contribution in [1.82, 2.24) is 4.98 Å². The van der Waals surface area contributed by atoms with Gasteiger partial charge in [0.1, 0.15) is 22.4 Å². The van der Waals surface area contributed by atoms with Crippen molar-refractivity contribution in [3.05, 3.63) is 46.6 Å². The molecular formula is C16H14ClF2NO2. The Kier molecular flexibility index (Phi) is 3.78. The zero-order valence-electron chi connectivity index (χ0n) is 11.9. The Bertz CT molecular complexity index is 738. The van der Waals surface area contributed by atoms with Crippen LogP contribution in [0.25, 0.3) is 11.1 Å². The van der Waals surface area contributed by atoms with Gasteiger partial charge in [-0.2, -0.15) is 0 Å². The van der Waals surface area contributed by atoms with Crippen LogP contribution in [-0.2, 0) is 6.42 Å². The Morgan fingerprint density at radius 3 is 2.77 bits per heavy atom. The highest BCUT2D eigenvalue weighted by atomic mass is 35.5. The normalized spacial score (nSPS) is 20.4. The molecule has 0 saturated heterocycles. The second-order valence-electron chi connectivity index (χ2n) is 5.61. The number of fused-ring (bicyclic) bond motifs is 1. The molecule has 1 unspecified atom stereocenters. The standard InChI is InChI=1S/C16H14ClF2NO2/c1-16(8-21)5-4-11-12(7-14(17)20-15(11)22-16)10-3-2-9(18)6-13(10)19/h2-3,6-7,21H,4-5,8H2,1H3. The molecule has 0 spiro atoms. The average molecular weight is 326 g/mol. The molecule has 0 aliphatic carbocycles. The molecule has 22 heavy (non-hydrogen) atoms. The van der Waals surface area contributed by atoms with Crippen LogP contribution in [0.3, 0.4) is 0 Å². The SMILES string of the molecule is CC1(CO)CCc2c(-c3ccc(F)cc3F)cc(Cl)nc2O1. The van der Waals surface area contributed by atoms with Gasteiger partial charge in [0.25, 0.3) is 0 Å². The van der Waals surface area contributed by atoms with Crippen LogP contribution in [-0.4, -0.2) is 22.3 Å². The van der Waals surface area contributed by atoms with Gasteiger partial charge in [0.2, 0.25) is 5.88 Å². The summed E-state index contributed by atoms with van der Waals surface area (Å²) < 4.78 is 32.9. The molecule has 1 aliphatic rings. The maximum atomic E-state index is 14.1. The molecule has 0 amide bonds. The summed E-state index contributed by atoms with van der Waals surface area (Å²) in [7, 11) is 0. The van der Waals surface area contributed by atoms with Crippen molar-refractivity contribution in [2.75, 3.05) is 6.61 Å². The van der Waals surface area contributed by atoms with Gasteiger partial charge < -0.3 is 9.84 Å². The summed E-state index contributed by atoms with van der Waals surface area (Å²) in [6.07, 6.45) is 1.12. The predicted octanol–water partition coefficient (Wildman–Crippen LogP) is 3.76. The molecular weight excluding hydrogens is 312 g/mol. The first-order chi connectivity index (χ1) is 10.4. The molecule has 0 saturated carbocycles. The largest absolute Gasteiger partial charge is 0.469 e. The van der Waals surface area contributed by atoms with Gasteiger partial charge in [-0.1, -0.05) is 11.6 Å². The Hall–Kier alpha value is -1.72. The molecule has 116 valence electrons. The molecule has 3 rings (SSSR count). The van der Waals surface area contributed by atoms with Crippen molar-refractivity contribution in [3.8, 4) is 17.0 Å². The van der Waals surface area contributed by atoms with Crippen molar-refractivity contribution in [3.63, 3.8) is 0 Å². The van der Waals surface area contributed by atoms with Crippen LogP contribution in [0.4, 0.5) is 8.78 Å². The lowest BCUT2D eigenvalue weighted by Crippen LogP contribution is -2.40. The lowest BCUT2D eigenvalue weighted by atomic mass is 9.90. The molecule has 3 nitrogen and oxygen atoms in total. The summed E-state index contributed by atoms with van der Waals surface area (Å²) in [5, 5.41) is 9.57. The van der Waals surface area contributed by atoms with Gasteiger partial charge in [-0.25, -0.2) is 13.8 Å². The molecule has 1 N–H and O–H groups in total. The second kappa shape index (κ2) is 5.48. The van der Waals surface area contributed by atoms with Crippen LogP contribution in [0.15, 0.2) is 24.3 Å². The van der Waals surface area contributed by atoms with E-state index in [1.54, 1.807) is 13.0 Å². The minimum absolute atomic E-state index is 0.152. The third-order valence-corrected chi connectivity index (χ3v) is 4.05. The summed E-state index contributed by atoms with van der Waals surface area (Å²) in [4.78, 5) is 4.13. The number of aromatic nitrogens is 1. The minimum atomic E-state index is -0.733. The molecule has 1 aromatic carbocycles. The fraction of sp³-hybridized carbons (Fsp3) is 0.312. The highest BCUT2D eigenvalue weighted by molar-refractivity contribution is 6.29. The van der Waals surface area contributed by atoms with E-state index in [1.807, 2.05) is 0 Å². The van der Waals surface area contributed by atoms with Crippen LogP contribution >= 0.6 is 11.6 Å². The fourth-order valence-electron chi connectivity index (χ4n) is 2.58. The summed E-state index contributed by atoms with van der Waals surface area (Å²) in [5.74, 6) is -1.02. The smallest absolute Gasteiger partial charge is 0.219 e. The maximum Gasteiger partial charge on any atom is 0.219 e. The molecule has 0 radical (unpaired) electrons. The van der Waals surface area contributed by atoms with Crippen LogP contribution < -0.4 is 4.74 Å². The summed E-state index contributed by atoms with van der Waals surface area (Å²) in [6, 6.07) is 4.94. The predicted molar refractivity (Wildman–Crippen MR) is 79.0 cm³/mol. The van der Waals surface area contributed by atoms with E-state index in [0.717, 1.165) is 6.07 Å². The number of hydrogen-bond donors (Lipinski definition) is 1. The van der Waals surface area contributed by atoms with E-state index in [-0.39, 0.29) is 23.2 Å². The lowest BCUT2D eigenvalue weighted by molar-refractivity contribution is 0.00421. The van der Waals surface area contributed by atoms with Crippen LogP contribution in [0.1, 0.15) is 18.9 Å². The van der Waals surface area contributed by atoms with Gasteiger partial charge in [-0.15, -0.1) is 0 Å². The van der Waals surface area contributed by atoms with Gasteiger partial charge in [0.05, 0.1) is 6.61 Å². The maximum absolute atomic E-state index is 14.1. The first-order valence-corrected chi connectivity index (χ1v) is 7.24. The van der Waals surface area contributed by atoms with E-state index in [1.165, 1.54) is 12.1 Å². The number of pyridine rings is 1. The topological polar surface area (TPSA) is 42.4 Å². The molecule has 0 fully saturated rings. The van der Waals surface area contributed by atoms with Gasteiger partial charge >= 0.3 is 0 Å². The molecule has 6 heteroatoms. The molecule has 2 aromatic rings. The van der Waals surface area contributed by atoms with Crippen LogP contribution in [0.2, 0.25) is 5.15 Å². The number of benzene rings is 1.